The summed E-state index contributed by atoms with van der Waals surface area (Å²) in [5.74, 6) is 0.254. The summed E-state index contributed by atoms with van der Waals surface area (Å²) in [6.07, 6.45) is 8.41. The van der Waals surface area contributed by atoms with E-state index < -0.39 is 10.8 Å². The van der Waals surface area contributed by atoms with Crippen molar-refractivity contribution in [2.45, 2.75) is 42.6 Å². The molecule has 4 nitrogen and oxygen atoms in total. The quantitative estimate of drug-likeness (QED) is 0.813. The number of aromatic nitrogens is 2. The normalized spacial score (nSPS) is 30.1. The number of fused-ring (bicyclic) bond motifs is 2. The highest BCUT2D eigenvalue weighted by Gasteiger charge is 2.40. The number of hydrogen-bond donors (Lipinski definition) is 0. The summed E-state index contributed by atoms with van der Waals surface area (Å²) in [5, 5.41) is 4.67. The van der Waals surface area contributed by atoms with E-state index >= 15 is 0 Å². The smallest absolute Gasteiger partial charge is 0.166 e. The van der Waals surface area contributed by atoms with E-state index in [1.807, 2.05) is 36.5 Å². The first-order valence-electron chi connectivity index (χ1n) is 8.26. The van der Waals surface area contributed by atoms with Crippen molar-refractivity contribution in [2.24, 2.45) is 5.92 Å². The van der Waals surface area contributed by atoms with Gasteiger partial charge in [0, 0.05) is 45.2 Å². The molecule has 0 N–H and O–H groups in total. The number of ketones is 1. The average molecular weight is 328 g/mol. The zero-order valence-corrected chi connectivity index (χ0v) is 13.7. The van der Waals surface area contributed by atoms with E-state index in [2.05, 4.69) is 5.10 Å². The molecule has 2 aromatic rings. The van der Waals surface area contributed by atoms with Crippen molar-refractivity contribution in [2.75, 3.05) is 0 Å². The Hall–Kier alpha value is -1.75. The van der Waals surface area contributed by atoms with Crippen molar-refractivity contribution in [3.05, 3.63) is 48.3 Å². The number of benzene rings is 1. The van der Waals surface area contributed by atoms with Crippen LogP contribution in [0.1, 0.15) is 42.5 Å². The predicted octanol–water partition coefficient (Wildman–Crippen LogP) is 3.13. The van der Waals surface area contributed by atoms with Crippen LogP contribution in [-0.4, -0.2) is 30.3 Å². The van der Waals surface area contributed by atoms with Crippen molar-refractivity contribution in [1.29, 1.82) is 0 Å². The second-order valence-electron chi connectivity index (χ2n) is 6.53. The highest BCUT2D eigenvalue weighted by Crippen LogP contribution is 2.38. The number of carbonyl (C=O) groups is 1. The number of carbonyl (C=O) groups excluding carboxylic acids is 1. The topological polar surface area (TPSA) is 52.0 Å². The molecule has 0 amide bonds. The van der Waals surface area contributed by atoms with Gasteiger partial charge in [0.25, 0.3) is 0 Å². The van der Waals surface area contributed by atoms with Gasteiger partial charge >= 0.3 is 0 Å². The fourth-order valence-electron chi connectivity index (χ4n) is 3.88. The minimum Gasteiger partial charge on any atom is -0.294 e. The van der Waals surface area contributed by atoms with Gasteiger partial charge in [0.2, 0.25) is 0 Å². The Morgan fingerprint density at radius 2 is 1.83 bits per heavy atom. The lowest BCUT2D eigenvalue weighted by molar-refractivity contribution is 0.0895. The summed E-state index contributed by atoms with van der Waals surface area (Å²) in [4.78, 5) is 12.8. The maximum atomic E-state index is 12.8. The van der Waals surface area contributed by atoms with Gasteiger partial charge in [0.15, 0.2) is 5.78 Å². The number of hydrogen-bond acceptors (Lipinski definition) is 3. The van der Waals surface area contributed by atoms with E-state index in [1.165, 1.54) is 6.42 Å². The third-order valence-electron chi connectivity index (χ3n) is 5.10. The first kappa shape index (κ1) is 14.8. The molecule has 2 bridgehead atoms. The van der Waals surface area contributed by atoms with Crippen LogP contribution >= 0.6 is 0 Å². The van der Waals surface area contributed by atoms with Gasteiger partial charge in [-0.2, -0.15) is 5.10 Å². The predicted molar refractivity (Wildman–Crippen MR) is 90.2 cm³/mol. The molecular formula is C18H20N2O2S. The molecule has 3 heterocycles. The van der Waals surface area contributed by atoms with Crippen LogP contribution in [0, 0.1) is 5.92 Å². The van der Waals surface area contributed by atoms with Gasteiger partial charge in [-0.3, -0.25) is 9.00 Å². The van der Waals surface area contributed by atoms with Gasteiger partial charge in [0.05, 0.1) is 5.69 Å². The van der Waals surface area contributed by atoms with Crippen LogP contribution in [0.15, 0.2) is 42.7 Å². The van der Waals surface area contributed by atoms with Gasteiger partial charge in [-0.1, -0.05) is 6.42 Å². The first-order valence-corrected chi connectivity index (χ1v) is 9.53. The van der Waals surface area contributed by atoms with Gasteiger partial charge in [-0.15, -0.1) is 0 Å². The lowest BCUT2D eigenvalue weighted by atomic mass is 9.84. The van der Waals surface area contributed by atoms with Crippen LogP contribution in [0.3, 0.4) is 0 Å². The van der Waals surface area contributed by atoms with E-state index in [1.54, 1.807) is 10.9 Å². The summed E-state index contributed by atoms with van der Waals surface area (Å²) in [7, 11) is -0.717. The molecular weight excluding hydrogens is 308 g/mol. The first-order chi connectivity index (χ1) is 11.2. The van der Waals surface area contributed by atoms with Gasteiger partial charge in [-0.25, -0.2) is 4.68 Å². The van der Waals surface area contributed by atoms with Crippen LogP contribution in [-0.2, 0) is 10.8 Å². The lowest BCUT2D eigenvalue weighted by Crippen LogP contribution is -2.41. The molecule has 4 rings (SSSR count). The molecule has 5 heteroatoms. The van der Waals surface area contributed by atoms with E-state index in [0.29, 0.717) is 0 Å². The summed E-state index contributed by atoms with van der Waals surface area (Å²) in [6.45, 7) is 0. The largest absolute Gasteiger partial charge is 0.294 e. The second kappa shape index (κ2) is 6.04. The molecule has 1 aromatic carbocycles. The Balaban J connectivity index is 1.52. The Labute approximate surface area is 138 Å². The van der Waals surface area contributed by atoms with E-state index in [4.69, 9.17) is 0 Å². The monoisotopic (exact) mass is 328 g/mol. The van der Waals surface area contributed by atoms with Crippen molar-refractivity contribution in [3.8, 4) is 5.69 Å². The zero-order chi connectivity index (χ0) is 15.8. The number of rotatable bonds is 3. The molecule has 2 fully saturated rings. The van der Waals surface area contributed by atoms with E-state index in [0.717, 1.165) is 36.9 Å². The van der Waals surface area contributed by atoms with Crippen LogP contribution in [0.5, 0.6) is 0 Å². The third kappa shape index (κ3) is 2.78. The molecule has 2 unspecified atom stereocenters. The highest BCUT2D eigenvalue weighted by atomic mass is 32.2. The number of nitrogens with zero attached hydrogens (tertiary/aromatic N) is 2. The minimum absolute atomic E-state index is 0.0403. The molecule has 0 aliphatic carbocycles. The summed E-state index contributed by atoms with van der Waals surface area (Å²) in [6, 6.07) is 9.52. The van der Waals surface area contributed by atoms with Gasteiger partial charge in [-0.05, 0) is 56.0 Å². The van der Waals surface area contributed by atoms with Crippen molar-refractivity contribution in [1.82, 2.24) is 9.78 Å². The SMILES string of the molecule is O=C(c1ccc(-n2cccn2)cc1)C1CC2CCCC(C1)S2=O. The third-order valence-corrected chi connectivity index (χ3v) is 7.27. The van der Waals surface area contributed by atoms with Crippen LogP contribution < -0.4 is 0 Å². The summed E-state index contributed by atoms with van der Waals surface area (Å²) < 4.78 is 14.1. The molecule has 0 radical (unpaired) electrons. The average Bonchev–Trinajstić information content (AvgIpc) is 3.08. The lowest BCUT2D eigenvalue weighted by Gasteiger charge is -2.37. The maximum Gasteiger partial charge on any atom is 0.166 e. The molecule has 2 atom stereocenters. The van der Waals surface area contributed by atoms with Crippen molar-refractivity contribution >= 4 is 16.6 Å². The van der Waals surface area contributed by atoms with E-state index in [9.17, 15) is 9.00 Å². The van der Waals surface area contributed by atoms with Crippen LogP contribution in [0.25, 0.3) is 5.69 Å². The van der Waals surface area contributed by atoms with Crippen molar-refractivity contribution < 1.29 is 9.00 Å². The van der Waals surface area contributed by atoms with Crippen LogP contribution in [0.4, 0.5) is 0 Å². The Kier molecular flexibility index (Phi) is 3.89. The molecule has 0 saturated carbocycles. The van der Waals surface area contributed by atoms with Gasteiger partial charge < -0.3 is 0 Å². The second-order valence-corrected chi connectivity index (χ2v) is 8.52. The van der Waals surface area contributed by atoms with Crippen LogP contribution in [0.2, 0.25) is 0 Å². The Bertz CT molecular complexity index is 708. The minimum atomic E-state index is -0.717. The fourth-order valence-corrected chi connectivity index (χ4v) is 6.07. The number of Topliss-reactive ketones (excluding diaryl/α,β-unsaturated/α-hetero) is 1. The molecule has 23 heavy (non-hydrogen) atoms. The maximum absolute atomic E-state index is 12.8. The summed E-state index contributed by atoms with van der Waals surface area (Å²) >= 11 is 0. The Morgan fingerprint density at radius 1 is 1.13 bits per heavy atom. The van der Waals surface area contributed by atoms with E-state index in [-0.39, 0.29) is 22.2 Å². The molecule has 2 aliphatic heterocycles. The van der Waals surface area contributed by atoms with Gasteiger partial charge in [0.1, 0.15) is 0 Å². The highest BCUT2D eigenvalue weighted by molar-refractivity contribution is 7.86. The zero-order valence-electron chi connectivity index (χ0n) is 12.9. The molecule has 2 aliphatic rings. The Morgan fingerprint density at radius 3 is 2.43 bits per heavy atom. The fraction of sp³-hybridized carbons (Fsp3) is 0.444. The standard InChI is InChI=1S/C18H20N2O2S/c21-18(14-11-16-3-1-4-17(12-14)23(16)22)13-5-7-15(8-6-13)20-10-2-9-19-20/h2,5-10,14,16-17H,1,3-4,11-12H2. The molecule has 1 aromatic heterocycles. The molecule has 2 saturated heterocycles. The summed E-state index contributed by atoms with van der Waals surface area (Å²) in [5.41, 5.74) is 1.71. The van der Waals surface area contributed by atoms with Crippen molar-refractivity contribution in [3.63, 3.8) is 0 Å². The molecule has 120 valence electrons. The molecule has 0 spiro atoms.